The number of carbonyl (C=O) groups is 5. The lowest BCUT2D eigenvalue weighted by atomic mass is 10.1. The lowest BCUT2D eigenvalue weighted by Gasteiger charge is -2.22. The molecule has 4 unspecified atom stereocenters. The zero-order chi connectivity index (χ0) is 24.8. The summed E-state index contributed by atoms with van der Waals surface area (Å²) in [5, 5.41) is 25.3. The Bertz CT molecular complexity index is 709. The Morgan fingerprint density at radius 1 is 0.969 bits per heavy atom. The highest BCUT2D eigenvalue weighted by Gasteiger charge is 2.26. The maximum atomic E-state index is 12.5. The third-order valence-electron chi connectivity index (χ3n) is 4.14. The molecule has 0 radical (unpaired) electrons. The largest absolute Gasteiger partial charge is 0.480 e. The van der Waals surface area contributed by atoms with Gasteiger partial charge in [-0.25, -0.2) is 4.79 Å². The highest BCUT2D eigenvalue weighted by molar-refractivity contribution is 5.92. The number of primary amides is 1. The van der Waals surface area contributed by atoms with Gasteiger partial charge in [-0.15, -0.1) is 0 Å². The Hall–Kier alpha value is -3.46. The van der Waals surface area contributed by atoms with Crippen LogP contribution < -0.4 is 38.9 Å². The summed E-state index contributed by atoms with van der Waals surface area (Å²) in [6.45, 7) is 0.881. The molecular formula is C17H32N8O7. The van der Waals surface area contributed by atoms with E-state index in [4.69, 9.17) is 28.0 Å². The van der Waals surface area contributed by atoms with Crippen molar-refractivity contribution in [1.29, 1.82) is 0 Å². The van der Waals surface area contributed by atoms with Crippen LogP contribution in [0.2, 0.25) is 0 Å². The van der Waals surface area contributed by atoms with Gasteiger partial charge in [-0.05, 0) is 26.2 Å². The topological polar surface area (TPSA) is 278 Å². The third kappa shape index (κ3) is 12.3. The highest BCUT2D eigenvalue weighted by Crippen LogP contribution is 2.01. The normalized spacial score (nSPS) is 14.2. The number of hydrogen-bond acceptors (Lipinski definition) is 8. The predicted molar refractivity (Wildman–Crippen MR) is 113 cm³/mol. The third-order valence-corrected chi connectivity index (χ3v) is 4.14. The molecule has 0 spiro atoms. The number of carboxylic acid groups (broad SMARTS) is 1. The molecule has 0 bridgehead atoms. The van der Waals surface area contributed by atoms with E-state index in [0.717, 1.165) is 0 Å². The highest BCUT2D eigenvalue weighted by atomic mass is 16.4. The molecule has 15 nitrogen and oxygen atoms in total. The molecule has 0 saturated heterocycles. The molecule has 0 aromatic heterocycles. The number of carbonyl (C=O) groups excluding carboxylic acids is 4. The fourth-order valence-electron chi connectivity index (χ4n) is 2.34. The number of rotatable bonds is 15. The SMILES string of the molecule is CC(O)C(N)C(=O)NC(CCCN=C(N)N)C(=O)NCC(=O)NC(CCC(N)=O)C(=O)O. The molecule has 0 aromatic carbocycles. The van der Waals surface area contributed by atoms with Crippen LogP contribution in [0.25, 0.3) is 0 Å². The monoisotopic (exact) mass is 460 g/mol. The van der Waals surface area contributed by atoms with Gasteiger partial charge in [0.25, 0.3) is 0 Å². The summed E-state index contributed by atoms with van der Waals surface area (Å²) in [5.74, 6) is -4.62. The summed E-state index contributed by atoms with van der Waals surface area (Å²) in [7, 11) is 0. The Labute approximate surface area is 184 Å². The van der Waals surface area contributed by atoms with E-state index >= 15 is 0 Å². The van der Waals surface area contributed by atoms with E-state index in [1.807, 2.05) is 0 Å². The van der Waals surface area contributed by atoms with Gasteiger partial charge in [0, 0.05) is 13.0 Å². The molecular weight excluding hydrogens is 428 g/mol. The van der Waals surface area contributed by atoms with Gasteiger partial charge in [0.15, 0.2) is 5.96 Å². The minimum Gasteiger partial charge on any atom is -0.480 e. The van der Waals surface area contributed by atoms with Gasteiger partial charge >= 0.3 is 5.97 Å². The molecule has 0 rings (SSSR count). The average Bonchev–Trinajstić information content (AvgIpc) is 2.69. The Kier molecular flexibility index (Phi) is 13.0. The Morgan fingerprint density at radius 2 is 1.59 bits per heavy atom. The Balaban J connectivity index is 4.96. The number of amides is 4. The van der Waals surface area contributed by atoms with Crippen molar-refractivity contribution in [1.82, 2.24) is 16.0 Å². The van der Waals surface area contributed by atoms with Crippen LogP contribution in [0.4, 0.5) is 0 Å². The molecule has 0 aliphatic carbocycles. The van der Waals surface area contributed by atoms with E-state index < -0.39 is 60.4 Å². The number of nitrogens with two attached hydrogens (primary N) is 4. The van der Waals surface area contributed by atoms with Gasteiger partial charge in [-0.2, -0.15) is 0 Å². The molecule has 182 valence electrons. The van der Waals surface area contributed by atoms with Crippen molar-refractivity contribution < 1.29 is 34.2 Å². The number of hydrogen-bond donors (Lipinski definition) is 9. The summed E-state index contributed by atoms with van der Waals surface area (Å²) in [5.41, 5.74) is 21.0. The number of aliphatic carboxylic acids is 1. The number of aliphatic hydroxyl groups excluding tert-OH is 1. The number of aliphatic hydroxyl groups is 1. The number of guanidine groups is 1. The second kappa shape index (κ2) is 14.5. The van der Waals surface area contributed by atoms with Gasteiger partial charge < -0.3 is 49.1 Å². The fourth-order valence-corrected chi connectivity index (χ4v) is 2.34. The second-order valence-electron chi connectivity index (χ2n) is 6.96. The molecule has 4 amide bonds. The second-order valence-corrected chi connectivity index (χ2v) is 6.96. The predicted octanol–water partition coefficient (Wildman–Crippen LogP) is -4.82. The summed E-state index contributed by atoms with van der Waals surface area (Å²) in [6, 6.07) is -3.78. The quantitative estimate of drug-likeness (QED) is 0.0638. The minimum absolute atomic E-state index is 0.0822. The fraction of sp³-hybridized carbons (Fsp3) is 0.647. The van der Waals surface area contributed by atoms with E-state index in [-0.39, 0.29) is 31.8 Å². The van der Waals surface area contributed by atoms with Gasteiger partial charge in [0.1, 0.15) is 18.1 Å². The van der Waals surface area contributed by atoms with Crippen LogP contribution in [0.5, 0.6) is 0 Å². The zero-order valence-electron chi connectivity index (χ0n) is 17.7. The van der Waals surface area contributed by atoms with Crippen LogP contribution in [0.15, 0.2) is 4.99 Å². The summed E-state index contributed by atoms with van der Waals surface area (Å²) in [6.07, 6.45) is -1.26. The smallest absolute Gasteiger partial charge is 0.326 e. The van der Waals surface area contributed by atoms with Crippen molar-refractivity contribution in [2.75, 3.05) is 13.1 Å². The zero-order valence-corrected chi connectivity index (χ0v) is 17.7. The maximum Gasteiger partial charge on any atom is 0.326 e. The van der Waals surface area contributed by atoms with E-state index in [0.29, 0.717) is 6.42 Å². The number of nitrogens with one attached hydrogen (secondary N) is 3. The molecule has 0 saturated carbocycles. The summed E-state index contributed by atoms with van der Waals surface area (Å²) < 4.78 is 0. The number of aliphatic imine (C=N–C) groups is 1. The van der Waals surface area contributed by atoms with Crippen LogP contribution in [-0.4, -0.2) is 83.1 Å². The molecule has 4 atom stereocenters. The van der Waals surface area contributed by atoms with Crippen LogP contribution in [0.3, 0.4) is 0 Å². The van der Waals surface area contributed by atoms with Gasteiger partial charge in [0.2, 0.25) is 23.6 Å². The molecule has 0 aliphatic heterocycles. The van der Waals surface area contributed by atoms with Crippen LogP contribution >= 0.6 is 0 Å². The van der Waals surface area contributed by atoms with Crippen molar-refractivity contribution in [3.63, 3.8) is 0 Å². The lowest BCUT2D eigenvalue weighted by Crippen LogP contribution is -2.55. The van der Waals surface area contributed by atoms with Gasteiger partial charge in [-0.3, -0.25) is 24.2 Å². The van der Waals surface area contributed by atoms with Crippen molar-refractivity contribution in [3.05, 3.63) is 0 Å². The summed E-state index contributed by atoms with van der Waals surface area (Å²) in [4.78, 5) is 62.3. The molecule has 15 heteroatoms. The molecule has 0 heterocycles. The van der Waals surface area contributed by atoms with Crippen molar-refractivity contribution >= 4 is 35.6 Å². The van der Waals surface area contributed by atoms with E-state index in [2.05, 4.69) is 20.9 Å². The van der Waals surface area contributed by atoms with Crippen LogP contribution in [0, 0.1) is 0 Å². The van der Waals surface area contributed by atoms with Crippen molar-refractivity contribution in [2.24, 2.45) is 27.9 Å². The Morgan fingerprint density at radius 3 is 2.09 bits per heavy atom. The van der Waals surface area contributed by atoms with Gasteiger partial charge in [0.05, 0.1) is 12.6 Å². The average molecular weight is 460 g/mol. The lowest BCUT2D eigenvalue weighted by molar-refractivity contribution is -0.142. The number of carboxylic acids is 1. The summed E-state index contributed by atoms with van der Waals surface area (Å²) >= 11 is 0. The van der Waals surface area contributed by atoms with Crippen molar-refractivity contribution in [3.8, 4) is 0 Å². The first-order chi connectivity index (χ1) is 14.8. The molecule has 0 fully saturated rings. The molecule has 0 aromatic rings. The first-order valence-electron chi connectivity index (χ1n) is 9.72. The van der Waals surface area contributed by atoms with Crippen LogP contribution in [0.1, 0.15) is 32.6 Å². The van der Waals surface area contributed by atoms with E-state index in [1.165, 1.54) is 6.92 Å². The van der Waals surface area contributed by atoms with Crippen molar-refractivity contribution in [2.45, 2.75) is 56.8 Å². The number of nitrogens with zero attached hydrogens (tertiary/aromatic N) is 1. The first-order valence-corrected chi connectivity index (χ1v) is 9.72. The standard InChI is InChI=1S/C17H32N8O7/c1-8(26)13(19)15(30)25-9(3-2-6-22-17(20)21)14(29)23-7-12(28)24-10(16(31)32)4-5-11(18)27/h8-10,13,26H,2-7,19H2,1H3,(H2,18,27)(H,23,29)(H,24,28)(H,25,30)(H,31,32)(H4,20,21,22). The van der Waals surface area contributed by atoms with Crippen LogP contribution in [-0.2, 0) is 24.0 Å². The van der Waals surface area contributed by atoms with E-state index in [1.54, 1.807) is 0 Å². The minimum atomic E-state index is -1.37. The molecule has 13 N–H and O–H groups in total. The first kappa shape index (κ1) is 28.5. The van der Waals surface area contributed by atoms with Gasteiger partial charge in [-0.1, -0.05) is 0 Å². The maximum absolute atomic E-state index is 12.5. The van der Waals surface area contributed by atoms with E-state index in [9.17, 15) is 29.1 Å². The molecule has 0 aliphatic rings. The molecule has 32 heavy (non-hydrogen) atoms.